The van der Waals surface area contributed by atoms with Gasteiger partial charge in [0.1, 0.15) is 5.82 Å². The molecule has 0 saturated carbocycles. The summed E-state index contributed by atoms with van der Waals surface area (Å²) in [5.74, 6) is 0.978. The minimum atomic E-state index is 0.502. The minimum Gasteiger partial charge on any atom is -0.373 e. The van der Waals surface area contributed by atoms with Crippen LogP contribution in [0.1, 0.15) is 35.6 Å². The first-order chi connectivity index (χ1) is 10.3. The van der Waals surface area contributed by atoms with E-state index in [1.165, 1.54) is 36.1 Å². The molecule has 1 aromatic carbocycles. The maximum atomic E-state index is 4.55. The quantitative estimate of drug-likeness (QED) is 0.924. The van der Waals surface area contributed by atoms with Gasteiger partial charge in [-0.05, 0) is 49.1 Å². The van der Waals surface area contributed by atoms with Gasteiger partial charge in [-0.15, -0.1) is 0 Å². The Morgan fingerprint density at radius 1 is 1.29 bits per heavy atom. The van der Waals surface area contributed by atoms with Crippen molar-refractivity contribution in [3.05, 3.63) is 59.3 Å². The van der Waals surface area contributed by atoms with E-state index in [2.05, 4.69) is 58.5 Å². The van der Waals surface area contributed by atoms with Crippen molar-refractivity contribution in [2.24, 2.45) is 0 Å². The molecule has 0 aliphatic carbocycles. The zero-order chi connectivity index (χ0) is 14.7. The fraction of sp³-hybridized carbons (Fsp3) is 0.389. The summed E-state index contributed by atoms with van der Waals surface area (Å²) in [6.07, 6.45) is 4.53. The summed E-state index contributed by atoms with van der Waals surface area (Å²) < 4.78 is 0. The van der Waals surface area contributed by atoms with Crippen LogP contribution in [0.4, 0.5) is 5.82 Å². The van der Waals surface area contributed by atoms with Crippen molar-refractivity contribution in [1.82, 2.24) is 9.88 Å². The van der Waals surface area contributed by atoms with E-state index in [-0.39, 0.29) is 0 Å². The monoisotopic (exact) mass is 281 g/mol. The molecule has 2 heterocycles. The van der Waals surface area contributed by atoms with Crippen molar-refractivity contribution in [2.75, 3.05) is 18.9 Å². The van der Waals surface area contributed by atoms with Gasteiger partial charge in [0.2, 0.25) is 0 Å². The van der Waals surface area contributed by atoms with Crippen molar-refractivity contribution in [3.63, 3.8) is 0 Å². The summed E-state index contributed by atoms with van der Waals surface area (Å²) in [4.78, 5) is 7.12. The van der Waals surface area contributed by atoms with Crippen LogP contribution in [0.15, 0.2) is 42.6 Å². The molecule has 1 aliphatic rings. The SMILES string of the molecule is CNc1ncc(C2CCCN2Cc2ccccc2)cc1C. The maximum absolute atomic E-state index is 4.55. The molecule has 2 aromatic rings. The Hall–Kier alpha value is -1.87. The van der Waals surface area contributed by atoms with Crippen LogP contribution in [0.25, 0.3) is 0 Å². The highest BCUT2D eigenvalue weighted by Crippen LogP contribution is 2.33. The van der Waals surface area contributed by atoms with Crippen molar-refractivity contribution in [2.45, 2.75) is 32.4 Å². The molecule has 0 amide bonds. The van der Waals surface area contributed by atoms with E-state index in [4.69, 9.17) is 0 Å². The Balaban J connectivity index is 1.79. The van der Waals surface area contributed by atoms with Crippen LogP contribution in [0.5, 0.6) is 0 Å². The molecule has 1 aromatic heterocycles. The predicted molar refractivity (Wildman–Crippen MR) is 87.3 cm³/mol. The fourth-order valence-electron chi connectivity index (χ4n) is 3.25. The van der Waals surface area contributed by atoms with Crippen LogP contribution < -0.4 is 5.32 Å². The van der Waals surface area contributed by atoms with Gasteiger partial charge >= 0.3 is 0 Å². The Morgan fingerprint density at radius 2 is 2.10 bits per heavy atom. The highest BCUT2D eigenvalue weighted by atomic mass is 15.2. The van der Waals surface area contributed by atoms with Crippen molar-refractivity contribution < 1.29 is 0 Å². The van der Waals surface area contributed by atoms with Gasteiger partial charge in [0.15, 0.2) is 0 Å². The first-order valence-corrected chi connectivity index (χ1v) is 7.70. The Morgan fingerprint density at radius 3 is 2.81 bits per heavy atom. The molecule has 21 heavy (non-hydrogen) atoms. The summed E-state index contributed by atoms with van der Waals surface area (Å²) in [5.41, 5.74) is 3.96. The van der Waals surface area contributed by atoms with Crippen LogP contribution in [-0.2, 0) is 6.54 Å². The van der Waals surface area contributed by atoms with Crippen molar-refractivity contribution in [3.8, 4) is 0 Å². The Kier molecular flexibility index (Phi) is 4.20. The Labute approximate surface area is 127 Å². The molecule has 1 unspecified atom stereocenters. The number of nitrogens with one attached hydrogen (secondary N) is 1. The van der Waals surface area contributed by atoms with Crippen LogP contribution in [0, 0.1) is 6.92 Å². The number of anilines is 1. The van der Waals surface area contributed by atoms with E-state index in [0.29, 0.717) is 6.04 Å². The number of hydrogen-bond donors (Lipinski definition) is 1. The van der Waals surface area contributed by atoms with Gasteiger partial charge in [-0.3, -0.25) is 4.90 Å². The molecule has 3 heteroatoms. The Bertz CT molecular complexity index is 595. The largest absolute Gasteiger partial charge is 0.373 e. The molecule has 1 saturated heterocycles. The minimum absolute atomic E-state index is 0.502. The second-order valence-corrected chi connectivity index (χ2v) is 5.80. The summed E-state index contributed by atoms with van der Waals surface area (Å²) in [6.45, 7) is 4.32. The van der Waals surface area contributed by atoms with E-state index < -0.39 is 0 Å². The van der Waals surface area contributed by atoms with Crippen molar-refractivity contribution >= 4 is 5.82 Å². The lowest BCUT2D eigenvalue weighted by Gasteiger charge is -2.25. The average molecular weight is 281 g/mol. The van der Waals surface area contributed by atoms with Crippen LogP contribution in [0.2, 0.25) is 0 Å². The number of likely N-dealkylation sites (tertiary alicyclic amines) is 1. The number of pyridine rings is 1. The topological polar surface area (TPSA) is 28.2 Å². The van der Waals surface area contributed by atoms with Gasteiger partial charge in [-0.2, -0.15) is 0 Å². The van der Waals surface area contributed by atoms with Gasteiger partial charge in [0.05, 0.1) is 0 Å². The number of hydrogen-bond acceptors (Lipinski definition) is 3. The molecule has 3 rings (SSSR count). The first kappa shape index (κ1) is 14.1. The molecular formula is C18H23N3. The lowest BCUT2D eigenvalue weighted by molar-refractivity contribution is 0.248. The molecule has 0 spiro atoms. The lowest BCUT2D eigenvalue weighted by atomic mass is 10.0. The molecule has 1 atom stereocenters. The van der Waals surface area contributed by atoms with E-state index in [9.17, 15) is 0 Å². The van der Waals surface area contributed by atoms with Crippen molar-refractivity contribution in [1.29, 1.82) is 0 Å². The molecule has 1 fully saturated rings. The molecule has 1 N–H and O–H groups in total. The third kappa shape index (κ3) is 3.08. The zero-order valence-electron chi connectivity index (χ0n) is 12.8. The fourth-order valence-corrected chi connectivity index (χ4v) is 3.25. The molecule has 110 valence electrons. The summed E-state index contributed by atoms with van der Waals surface area (Å²) >= 11 is 0. The number of aromatic nitrogens is 1. The van der Waals surface area contributed by atoms with Crippen LogP contribution in [0.3, 0.4) is 0 Å². The van der Waals surface area contributed by atoms with Gasteiger partial charge in [0.25, 0.3) is 0 Å². The molecule has 0 radical (unpaired) electrons. The van der Waals surface area contributed by atoms with E-state index >= 15 is 0 Å². The van der Waals surface area contributed by atoms with Gasteiger partial charge in [0, 0.05) is 25.8 Å². The van der Waals surface area contributed by atoms with Crippen LogP contribution in [-0.4, -0.2) is 23.5 Å². The molecule has 1 aliphatic heterocycles. The highest BCUT2D eigenvalue weighted by Gasteiger charge is 2.26. The number of rotatable bonds is 4. The molecule has 3 nitrogen and oxygen atoms in total. The third-order valence-electron chi connectivity index (χ3n) is 4.31. The van der Waals surface area contributed by atoms with E-state index in [1.807, 2.05) is 13.2 Å². The smallest absolute Gasteiger partial charge is 0.128 e. The normalized spacial score (nSPS) is 18.9. The molecular weight excluding hydrogens is 258 g/mol. The van der Waals surface area contributed by atoms with E-state index in [0.717, 1.165) is 12.4 Å². The number of nitrogens with zero attached hydrogens (tertiary/aromatic N) is 2. The van der Waals surface area contributed by atoms with Gasteiger partial charge in [-0.25, -0.2) is 4.98 Å². The maximum Gasteiger partial charge on any atom is 0.128 e. The number of aryl methyl sites for hydroxylation is 1. The summed E-state index contributed by atoms with van der Waals surface area (Å²) in [7, 11) is 1.92. The van der Waals surface area contributed by atoms with Crippen LogP contribution >= 0.6 is 0 Å². The predicted octanol–water partition coefficient (Wildman–Crippen LogP) is 3.77. The summed E-state index contributed by atoms with van der Waals surface area (Å²) in [6, 6.07) is 13.5. The van der Waals surface area contributed by atoms with Gasteiger partial charge in [-0.1, -0.05) is 30.3 Å². The summed E-state index contributed by atoms with van der Waals surface area (Å²) in [5, 5.41) is 3.14. The van der Waals surface area contributed by atoms with E-state index in [1.54, 1.807) is 0 Å². The zero-order valence-corrected chi connectivity index (χ0v) is 12.8. The first-order valence-electron chi connectivity index (χ1n) is 7.70. The van der Waals surface area contributed by atoms with Gasteiger partial charge < -0.3 is 5.32 Å². The second kappa shape index (κ2) is 6.27. The lowest BCUT2D eigenvalue weighted by Crippen LogP contribution is -2.23. The second-order valence-electron chi connectivity index (χ2n) is 5.80. The highest BCUT2D eigenvalue weighted by molar-refractivity contribution is 5.44. The molecule has 0 bridgehead atoms. The number of benzene rings is 1. The average Bonchev–Trinajstić information content (AvgIpc) is 2.96. The third-order valence-corrected chi connectivity index (χ3v) is 4.31. The standard InChI is InChI=1S/C18H23N3/c1-14-11-16(12-20-18(14)19-2)17-9-6-10-21(17)13-15-7-4-3-5-8-15/h3-5,7-8,11-12,17H,6,9-10,13H2,1-2H3,(H,19,20).